The summed E-state index contributed by atoms with van der Waals surface area (Å²) in [7, 11) is 0. The maximum Gasteiger partial charge on any atom is 0.115 e. The fraction of sp³-hybridized carbons (Fsp3) is 0.615. The van der Waals surface area contributed by atoms with Crippen LogP contribution in [0.4, 0.5) is 0 Å². The zero-order valence-corrected chi connectivity index (χ0v) is 12.7. The van der Waals surface area contributed by atoms with Crippen molar-refractivity contribution >= 4 is 23.4 Å². The van der Waals surface area contributed by atoms with Crippen molar-refractivity contribution in [2.24, 2.45) is 0 Å². The molecule has 0 aliphatic carbocycles. The van der Waals surface area contributed by atoms with Crippen molar-refractivity contribution in [1.29, 1.82) is 0 Å². The maximum atomic E-state index is 6.03. The van der Waals surface area contributed by atoms with Crippen LogP contribution in [-0.2, 0) is 0 Å². The number of nitrogens with zero attached hydrogens (tertiary/aromatic N) is 2. The van der Waals surface area contributed by atoms with Gasteiger partial charge >= 0.3 is 0 Å². The molecular weight excluding hydrogens is 266 g/mol. The summed E-state index contributed by atoms with van der Waals surface area (Å²) in [6.45, 7) is 9.77. The molecule has 0 amide bonds. The van der Waals surface area contributed by atoms with E-state index in [0.29, 0.717) is 0 Å². The predicted molar refractivity (Wildman–Crippen MR) is 80.6 cm³/mol. The van der Waals surface area contributed by atoms with Crippen LogP contribution >= 0.6 is 23.4 Å². The molecule has 1 heterocycles. The molecule has 0 unspecified atom stereocenters. The molecule has 0 aliphatic heterocycles. The second-order valence-electron chi connectivity index (χ2n) is 3.92. The molecular formula is C13H22ClN3S. The molecule has 5 heteroatoms. The number of aromatic nitrogens is 1. The van der Waals surface area contributed by atoms with Gasteiger partial charge in [-0.3, -0.25) is 0 Å². The van der Waals surface area contributed by atoms with E-state index in [9.17, 15) is 0 Å². The minimum Gasteiger partial charge on any atom is -0.315 e. The topological polar surface area (TPSA) is 28.2 Å². The van der Waals surface area contributed by atoms with Crippen molar-refractivity contribution in [2.75, 3.05) is 38.5 Å². The quantitative estimate of drug-likeness (QED) is 0.558. The Morgan fingerprint density at radius 1 is 1.33 bits per heavy atom. The van der Waals surface area contributed by atoms with Gasteiger partial charge in [-0.25, -0.2) is 4.98 Å². The highest BCUT2D eigenvalue weighted by Gasteiger charge is 2.01. The molecule has 1 aromatic heterocycles. The average Bonchev–Trinajstić information content (AvgIpc) is 2.40. The Labute approximate surface area is 119 Å². The largest absolute Gasteiger partial charge is 0.315 e. The van der Waals surface area contributed by atoms with Gasteiger partial charge in [0.05, 0.1) is 5.02 Å². The standard InChI is InChI=1S/C13H22ClN3S/c1-3-17(4-2)10-8-15-9-11-18-13-12(14)6-5-7-16-13/h5-7,15H,3-4,8-11H2,1-2H3. The molecule has 0 fully saturated rings. The molecule has 0 saturated heterocycles. The molecule has 0 atom stereocenters. The Bertz CT molecular complexity index is 332. The summed E-state index contributed by atoms with van der Waals surface area (Å²) in [5.41, 5.74) is 0. The summed E-state index contributed by atoms with van der Waals surface area (Å²) in [5.74, 6) is 0.995. The van der Waals surface area contributed by atoms with Gasteiger partial charge in [0.25, 0.3) is 0 Å². The normalized spacial score (nSPS) is 11.1. The first-order valence-corrected chi connectivity index (χ1v) is 7.80. The Hall–Kier alpha value is -0.290. The van der Waals surface area contributed by atoms with E-state index in [4.69, 9.17) is 11.6 Å². The number of hydrogen-bond acceptors (Lipinski definition) is 4. The van der Waals surface area contributed by atoms with E-state index in [1.54, 1.807) is 18.0 Å². The summed E-state index contributed by atoms with van der Waals surface area (Å²) < 4.78 is 0. The van der Waals surface area contributed by atoms with Crippen LogP contribution in [0.15, 0.2) is 23.4 Å². The minimum atomic E-state index is 0.741. The number of hydrogen-bond donors (Lipinski definition) is 1. The summed E-state index contributed by atoms with van der Waals surface area (Å²) in [6, 6.07) is 3.74. The zero-order chi connectivity index (χ0) is 13.2. The van der Waals surface area contributed by atoms with Crippen molar-refractivity contribution in [3.63, 3.8) is 0 Å². The molecule has 1 N–H and O–H groups in total. The van der Waals surface area contributed by atoms with Gasteiger partial charge in [-0.05, 0) is 25.2 Å². The molecule has 0 spiro atoms. The van der Waals surface area contributed by atoms with Gasteiger partial charge in [-0.15, -0.1) is 11.8 Å². The maximum absolute atomic E-state index is 6.03. The number of rotatable bonds is 9. The van der Waals surface area contributed by atoms with Crippen LogP contribution < -0.4 is 5.32 Å². The highest BCUT2D eigenvalue weighted by Crippen LogP contribution is 2.23. The van der Waals surface area contributed by atoms with E-state index in [1.807, 2.05) is 12.1 Å². The molecule has 1 rings (SSSR count). The lowest BCUT2D eigenvalue weighted by Crippen LogP contribution is -2.32. The SMILES string of the molecule is CCN(CC)CCNCCSc1ncccc1Cl. The predicted octanol–water partition coefficient (Wildman–Crippen LogP) is 2.76. The van der Waals surface area contributed by atoms with Gasteiger partial charge < -0.3 is 10.2 Å². The molecule has 0 aromatic carbocycles. The van der Waals surface area contributed by atoms with E-state index < -0.39 is 0 Å². The van der Waals surface area contributed by atoms with Gasteiger partial charge in [0.1, 0.15) is 5.03 Å². The molecule has 1 aromatic rings. The van der Waals surface area contributed by atoms with Crippen LogP contribution in [0.2, 0.25) is 5.02 Å². The molecule has 18 heavy (non-hydrogen) atoms. The molecule has 0 saturated carbocycles. The molecule has 102 valence electrons. The van der Waals surface area contributed by atoms with Crippen LogP contribution in [-0.4, -0.2) is 48.4 Å². The first kappa shape index (κ1) is 15.8. The zero-order valence-electron chi connectivity index (χ0n) is 11.2. The van der Waals surface area contributed by atoms with Crippen molar-refractivity contribution in [3.05, 3.63) is 23.4 Å². The highest BCUT2D eigenvalue weighted by atomic mass is 35.5. The smallest absolute Gasteiger partial charge is 0.115 e. The minimum absolute atomic E-state index is 0.741. The van der Waals surface area contributed by atoms with Gasteiger partial charge in [0.15, 0.2) is 0 Å². The number of likely N-dealkylation sites (N-methyl/N-ethyl adjacent to an activating group) is 1. The van der Waals surface area contributed by atoms with Gasteiger partial charge in [-0.2, -0.15) is 0 Å². The average molecular weight is 288 g/mol. The fourth-order valence-electron chi connectivity index (χ4n) is 1.60. The van der Waals surface area contributed by atoms with E-state index >= 15 is 0 Å². The second-order valence-corrected chi connectivity index (χ2v) is 5.41. The fourth-order valence-corrected chi connectivity index (χ4v) is 2.67. The molecule has 0 radical (unpaired) electrons. The highest BCUT2D eigenvalue weighted by molar-refractivity contribution is 7.99. The van der Waals surface area contributed by atoms with Crippen molar-refractivity contribution in [2.45, 2.75) is 18.9 Å². The summed E-state index contributed by atoms with van der Waals surface area (Å²) >= 11 is 7.73. The first-order valence-electron chi connectivity index (χ1n) is 6.44. The lowest BCUT2D eigenvalue weighted by Gasteiger charge is -2.17. The summed E-state index contributed by atoms with van der Waals surface area (Å²) in [4.78, 5) is 6.66. The van der Waals surface area contributed by atoms with E-state index in [-0.39, 0.29) is 0 Å². The third-order valence-corrected chi connectivity index (χ3v) is 4.17. The lowest BCUT2D eigenvalue weighted by molar-refractivity contribution is 0.303. The monoisotopic (exact) mass is 287 g/mol. The summed E-state index contributed by atoms with van der Waals surface area (Å²) in [6.07, 6.45) is 1.78. The van der Waals surface area contributed by atoms with Crippen LogP contribution in [0.25, 0.3) is 0 Å². The van der Waals surface area contributed by atoms with Gasteiger partial charge in [0, 0.05) is 31.6 Å². The van der Waals surface area contributed by atoms with Gasteiger partial charge in [0.2, 0.25) is 0 Å². The van der Waals surface area contributed by atoms with Crippen molar-refractivity contribution in [1.82, 2.24) is 15.2 Å². The first-order chi connectivity index (χ1) is 8.77. The molecule has 0 aliphatic rings. The Morgan fingerprint density at radius 3 is 2.78 bits per heavy atom. The number of pyridine rings is 1. The third-order valence-electron chi connectivity index (χ3n) is 2.74. The molecule has 3 nitrogen and oxygen atoms in total. The van der Waals surface area contributed by atoms with E-state index in [2.05, 4.69) is 29.0 Å². The Kier molecular flexibility index (Phi) is 8.42. The third kappa shape index (κ3) is 6.05. The van der Waals surface area contributed by atoms with Crippen LogP contribution in [0.1, 0.15) is 13.8 Å². The summed E-state index contributed by atoms with van der Waals surface area (Å²) in [5, 5.41) is 5.10. The Morgan fingerprint density at radius 2 is 2.11 bits per heavy atom. The van der Waals surface area contributed by atoms with Crippen molar-refractivity contribution < 1.29 is 0 Å². The van der Waals surface area contributed by atoms with Crippen LogP contribution in [0, 0.1) is 0 Å². The molecule has 0 bridgehead atoms. The van der Waals surface area contributed by atoms with E-state index in [0.717, 1.165) is 48.5 Å². The van der Waals surface area contributed by atoms with Crippen LogP contribution in [0.5, 0.6) is 0 Å². The van der Waals surface area contributed by atoms with Crippen molar-refractivity contribution in [3.8, 4) is 0 Å². The lowest BCUT2D eigenvalue weighted by atomic mass is 10.4. The Balaban J connectivity index is 2.07. The number of halogens is 1. The van der Waals surface area contributed by atoms with Crippen LogP contribution in [0.3, 0.4) is 0 Å². The number of thioether (sulfide) groups is 1. The van der Waals surface area contributed by atoms with Gasteiger partial charge in [-0.1, -0.05) is 25.4 Å². The second kappa shape index (κ2) is 9.62. The van der Waals surface area contributed by atoms with E-state index in [1.165, 1.54) is 0 Å². The number of nitrogens with one attached hydrogen (secondary N) is 1.